The van der Waals surface area contributed by atoms with Gasteiger partial charge in [-0.05, 0) is 60.3 Å². The van der Waals surface area contributed by atoms with E-state index in [9.17, 15) is 24.9 Å². The number of esters is 1. The number of fused-ring (bicyclic) bond motifs is 3. The highest BCUT2D eigenvalue weighted by Crippen LogP contribution is 2.67. The second-order valence-corrected chi connectivity index (χ2v) is 12.8. The number of Topliss-reactive ketones (excluding diaryl/α,β-unsaturated/α-hetero) is 1. The summed E-state index contributed by atoms with van der Waals surface area (Å²) in [6, 6.07) is 0. The zero-order chi connectivity index (χ0) is 29.6. The number of carbonyl (C=O) groups is 2. The topological polar surface area (TPSA) is 160 Å². The van der Waals surface area contributed by atoms with Crippen LogP contribution in [0.5, 0.6) is 0 Å². The number of aliphatic hydroxyl groups excluding tert-OH is 3. The first-order chi connectivity index (χ1) is 17.1. The zero-order valence-electron chi connectivity index (χ0n) is 24.3. The zero-order valence-corrected chi connectivity index (χ0v) is 24.3. The molecule has 2 aliphatic carbocycles. The molecule has 0 aromatic carbocycles. The second kappa shape index (κ2) is 10.9. The number of hydrogen-bond acceptors (Lipinski definition) is 11. The fourth-order valence-corrected chi connectivity index (χ4v) is 6.92. The molecule has 2 saturated carbocycles. The lowest BCUT2D eigenvalue weighted by atomic mass is 9.40. The fourth-order valence-electron chi connectivity index (χ4n) is 6.92. The van der Waals surface area contributed by atoms with Crippen LogP contribution in [-0.2, 0) is 19.1 Å². The lowest BCUT2D eigenvalue weighted by molar-refractivity contribution is -0.370. The summed E-state index contributed by atoms with van der Waals surface area (Å²) in [5.74, 6) is -1.85. The van der Waals surface area contributed by atoms with E-state index >= 15 is 0 Å². The molecule has 1 aliphatic heterocycles. The molecule has 0 aromatic rings. The van der Waals surface area contributed by atoms with Crippen molar-refractivity contribution in [3.63, 3.8) is 0 Å². The van der Waals surface area contributed by atoms with Crippen molar-refractivity contribution in [1.29, 1.82) is 0 Å². The van der Waals surface area contributed by atoms with Crippen molar-refractivity contribution >= 4 is 11.8 Å². The molecule has 8 atom stereocenters. The number of hydrogen-bond donors (Lipinski definition) is 5. The van der Waals surface area contributed by atoms with Gasteiger partial charge < -0.3 is 35.0 Å². The molecule has 0 unspecified atom stereocenters. The molecule has 0 spiro atoms. The first kappa shape index (κ1) is 32.8. The van der Waals surface area contributed by atoms with Gasteiger partial charge in [-0.15, -0.1) is 6.58 Å². The molecule has 0 radical (unpaired) electrons. The van der Waals surface area contributed by atoms with Gasteiger partial charge >= 0.3 is 5.97 Å². The molecule has 0 aromatic heterocycles. The van der Waals surface area contributed by atoms with E-state index < -0.39 is 70.0 Å². The Morgan fingerprint density at radius 1 is 1.16 bits per heavy atom. The van der Waals surface area contributed by atoms with E-state index in [1.807, 2.05) is 13.8 Å². The van der Waals surface area contributed by atoms with E-state index in [-0.39, 0.29) is 13.0 Å². The molecule has 11 nitrogen and oxygen atoms in total. The highest BCUT2D eigenvalue weighted by molar-refractivity contribution is 5.92. The van der Waals surface area contributed by atoms with Crippen LogP contribution in [0.15, 0.2) is 12.7 Å². The van der Waals surface area contributed by atoms with Gasteiger partial charge in [-0.2, -0.15) is 0 Å². The molecule has 3 aliphatic rings. The minimum Gasteiger partial charge on any atom is -0.455 e. The largest absolute Gasteiger partial charge is 0.455 e. The van der Waals surface area contributed by atoms with Gasteiger partial charge in [-0.1, -0.05) is 26.8 Å². The Hall–Kier alpha value is -1.44. The van der Waals surface area contributed by atoms with Gasteiger partial charge in [-0.3, -0.25) is 19.4 Å². The summed E-state index contributed by atoms with van der Waals surface area (Å²) in [7, 11) is 6.57. The number of ether oxygens (including phenoxy) is 2. The Bertz CT molecular complexity index is 903. The maximum absolute atomic E-state index is 13.7. The Balaban J connectivity index is 0.000000757. The summed E-state index contributed by atoms with van der Waals surface area (Å²) in [4.78, 5) is 29.4. The van der Waals surface area contributed by atoms with Gasteiger partial charge in [0, 0.05) is 17.8 Å². The number of likely N-dealkylation sites (N-methyl/N-ethyl adjacent to an activating group) is 1. The van der Waals surface area contributed by atoms with Gasteiger partial charge in [0.1, 0.15) is 5.60 Å². The van der Waals surface area contributed by atoms with E-state index in [0.717, 1.165) is 0 Å². The number of nitrogens with zero attached hydrogens (tertiary/aromatic N) is 2. The Morgan fingerprint density at radius 2 is 1.68 bits per heavy atom. The molecule has 1 saturated heterocycles. The van der Waals surface area contributed by atoms with Crippen LogP contribution in [0.1, 0.15) is 53.9 Å². The number of aliphatic hydroxyl groups is 5. The third kappa shape index (κ3) is 5.19. The van der Waals surface area contributed by atoms with E-state index in [1.165, 1.54) is 17.9 Å². The maximum atomic E-state index is 13.7. The number of ketones is 1. The molecule has 3 rings (SSSR count). The molecule has 38 heavy (non-hydrogen) atoms. The van der Waals surface area contributed by atoms with Crippen molar-refractivity contribution < 1.29 is 44.6 Å². The summed E-state index contributed by atoms with van der Waals surface area (Å²) >= 11 is 0. The van der Waals surface area contributed by atoms with Gasteiger partial charge in [-0.25, -0.2) is 0 Å². The van der Waals surface area contributed by atoms with Gasteiger partial charge in [0.15, 0.2) is 17.5 Å². The van der Waals surface area contributed by atoms with Crippen molar-refractivity contribution in [1.82, 2.24) is 9.80 Å². The third-order valence-electron chi connectivity index (χ3n) is 8.89. The predicted molar refractivity (Wildman–Crippen MR) is 140 cm³/mol. The number of carbonyl (C=O) groups excluding carboxylic acids is 2. The first-order valence-electron chi connectivity index (χ1n) is 13.0. The van der Waals surface area contributed by atoms with Gasteiger partial charge in [0.2, 0.25) is 6.41 Å². The van der Waals surface area contributed by atoms with Gasteiger partial charge in [0.25, 0.3) is 0 Å². The second-order valence-electron chi connectivity index (χ2n) is 12.8. The van der Waals surface area contributed by atoms with Crippen LogP contribution in [0.25, 0.3) is 0 Å². The minimum atomic E-state index is -2.20. The quantitative estimate of drug-likeness (QED) is 0.178. The summed E-state index contributed by atoms with van der Waals surface area (Å²) in [5, 5.41) is 51.4. The lowest BCUT2D eigenvalue weighted by Crippen LogP contribution is -2.86. The van der Waals surface area contributed by atoms with Crippen molar-refractivity contribution in [3.05, 3.63) is 12.7 Å². The van der Waals surface area contributed by atoms with Crippen LogP contribution in [0.4, 0.5) is 0 Å². The summed E-state index contributed by atoms with van der Waals surface area (Å²) in [6.45, 7) is 12.4. The SMILES string of the molecule is C=C[C@@]1(C)CC(=O)[C@]2(O)[C@@]3(C)[C@@H](O)CCC(C)(C)[C@@H]3[C@H](O)[C@H](OC(=O)CN(C)C)[C@@]2(C)O1.CN(C)C(O)O. The lowest BCUT2D eigenvalue weighted by Gasteiger charge is -2.71. The molecule has 1 heterocycles. The predicted octanol–water partition coefficient (Wildman–Crippen LogP) is -0.122. The van der Waals surface area contributed by atoms with Crippen LogP contribution < -0.4 is 0 Å². The van der Waals surface area contributed by atoms with E-state index in [1.54, 1.807) is 46.9 Å². The summed E-state index contributed by atoms with van der Waals surface area (Å²) < 4.78 is 12.1. The standard InChI is InChI=1S/C24H39NO7.C3H9NO2/c1-9-21(4)12-15(27)24(30)22(5)14(26)10-11-20(2,3)18(22)17(29)19(23(24,6)32-21)31-16(28)13-25(7)8;1-4(2)3(5)6/h9,14,17-19,26,29-30H,1,10-13H2,2-8H3;3,5-6H,1-2H3/t14-,17-,18-,19-,21-,22-,23+,24-;/m0./s1. The third-order valence-corrected chi connectivity index (χ3v) is 8.89. The molecule has 11 heteroatoms. The number of rotatable bonds is 5. The van der Waals surface area contributed by atoms with Crippen molar-refractivity contribution in [2.45, 2.75) is 95.4 Å². The normalized spacial score (nSPS) is 42.2. The molecular formula is C27H48N2O9. The molecule has 0 amide bonds. The monoisotopic (exact) mass is 544 g/mol. The Kier molecular flexibility index (Phi) is 9.36. The average molecular weight is 545 g/mol. The van der Waals surface area contributed by atoms with Gasteiger partial charge in [0.05, 0.1) is 24.4 Å². The van der Waals surface area contributed by atoms with Crippen molar-refractivity contribution in [2.24, 2.45) is 16.7 Å². The minimum absolute atomic E-state index is 0.0433. The summed E-state index contributed by atoms with van der Waals surface area (Å²) in [6.07, 6.45) is -2.70. The van der Waals surface area contributed by atoms with Crippen LogP contribution in [0.2, 0.25) is 0 Å². The highest BCUT2D eigenvalue weighted by Gasteiger charge is 2.81. The molecule has 3 fully saturated rings. The first-order valence-corrected chi connectivity index (χ1v) is 13.0. The highest BCUT2D eigenvalue weighted by atomic mass is 16.6. The smallest absolute Gasteiger partial charge is 0.320 e. The van der Waals surface area contributed by atoms with E-state index in [2.05, 4.69) is 6.58 Å². The van der Waals surface area contributed by atoms with Crippen molar-refractivity contribution in [3.8, 4) is 0 Å². The Labute approximate surface area is 226 Å². The maximum Gasteiger partial charge on any atom is 0.320 e. The van der Waals surface area contributed by atoms with E-state index in [0.29, 0.717) is 12.8 Å². The fraction of sp³-hybridized carbons (Fsp3) is 0.852. The van der Waals surface area contributed by atoms with Crippen LogP contribution in [0.3, 0.4) is 0 Å². The molecule has 0 bridgehead atoms. The molecular weight excluding hydrogens is 496 g/mol. The summed E-state index contributed by atoms with van der Waals surface area (Å²) in [5.41, 5.74) is -7.12. The van der Waals surface area contributed by atoms with Crippen LogP contribution in [-0.4, -0.2) is 123 Å². The average Bonchev–Trinajstić information content (AvgIpc) is 2.77. The van der Waals surface area contributed by atoms with Crippen molar-refractivity contribution in [2.75, 3.05) is 34.7 Å². The van der Waals surface area contributed by atoms with Crippen LogP contribution >= 0.6 is 0 Å². The molecule has 5 N–H and O–H groups in total. The Morgan fingerprint density at radius 3 is 2.13 bits per heavy atom. The molecule has 220 valence electrons. The van der Waals surface area contributed by atoms with E-state index in [4.69, 9.17) is 19.7 Å². The van der Waals surface area contributed by atoms with Crippen LogP contribution in [0, 0.1) is 16.7 Å².